The van der Waals surface area contributed by atoms with E-state index in [4.69, 9.17) is 10.0 Å². The SMILES string of the molecule is OB(O)Oc1cnccc1C(F)(F)F. The maximum absolute atomic E-state index is 12.2. The predicted octanol–water partition coefficient (Wildman–Crippen LogP) is 0.449. The largest absolute Gasteiger partial charge is 0.707 e. The summed E-state index contributed by atoms with van der Waals surface area (Å²) < 4.78 is 40.8. The van der Waals surface area contributed by atoms with Gasteiger partial charge in [0.05, 0.1) is 11.8 Å². The van der Waals surface area contributed by atoms with Crippen molar-refractivity contribution in [1.82, 2.24) is 4.98 Å². The Morgan fingerprint density at radius 3 is 2.50 bits per heavy atom. The third-order valence-corrected chi connectivity index (χ3v) is 1.32. The number of nitrogens with zero attached hydrogens (tertiary/aromatic N) is 1. The normalized spacial score (nSPS) is 11.2. The minimum atomic E-state index is -4.62. The van der Waals surface area contributed by atoms with Gasteiger partial charge in [0, 0.05) is 6.20 Å². The molecule has 2 N–H and O–H groups in total. The summed E-state index contributed by atoms with van der Waals surface area (Å²) in [6.45, 7) is 0. The van der Waals surface area contributed by atoms with Gasteiger partial charge >= 0.3 is 13.5 Å². The van der Waals surface area contributed by atoms with Crippen molar-refractivity contribution in [2.75, 3.05) is 0 Å². The summed E-state index contributed by atoms with van der Waals surface area (Å²) in [6.07, 6.45) is -2.94. The van der Waals surface area contributed by atoms with E-state index in [1.54, 1.807) is 0 Å². The maximum Gasteiger partial charge on any atom is 0.707 e. The van der Waals surface area contributed by atoms with E-state index in [9.17, 15) is 13.2 Å². The first-order valence-electron chi connectivity index (χ1n) is 3.45. The molecule has 1 aromatic heterocycles. The van der Waals surface area contributed by atoms with Gasteiger partial charge in [-0.05, 0) is 6.07 Å². The molecule has 0 unspecified atom stereocenters. The molecule has 1 aromatic rings. The number of aromatic nitrogens is 1. The zero-order valence-corrected chi connectivity index (χ0v) is 6.69. The summed E-state index contributed by atoms with van der Waals surface area (Å²) in [7, 11) is -2.31. The minimum Gasteiger partial charge on any atom is -0.510 e. The third kappa shape index (κ3) is 2.61. The highest BCUT2D eigenvalue weighted by molar-refractivity contribution is 6.33. The molecule has 0 bridgehead atoms. The number of pyridine rings is 1. The molecule has 0 aromatic carbocycles. The number of alkyl halides is 3. The van der Waals surface area contributed by atoms with Crippen LogP contribution in [0.1, 0.15) is 5.56 Å². The molecule has 14 heavy (non-hydrogen) atoms. The highest BCUT2D eigenvalue weighted by Gasteiger charge is 2.35. The number of halogens is 3. The van der Waals surface area contributed by atoms with Gasteiger partial charge in [-0.25, -0.2) is 0 Å². The van der Waals surface area contributed by atoms with Crippen molar-refractivity contribution in [1.29, 1.82) is 0 Å². The average Bonchev–Trinajstić information content (AvgIpc) is 2.01. The van der Waals surface area contributed by atoms with Crippen molar-refractivity contribution in [2.45, 2.75) is 6.18 Å². The number of hydrogen-bond donors (Lipinski definition) is 2. The molecule has 0 atom stereocenters. The second kappa shape index (κ2) is 3.85. The van der Waals surface area contributed by atoms with E-state index in [1.807, 2.05) is 0 Å². The Bertz CT molecular complexity index is 317. The van der Waals surface area contributed by atoms with Gasteiger partial charge in [0.15, 0.2) is 0 Å². The van der Waals surface area contributed by atoms with E-state index in [2.05, 4.69) is 9.64 Å². The topological polar surface area (TPSA) is 62.6 Å². The van der Waals surface area contributed by atoms with Crippen molar-refractivity contribution in [3.63, 3.8) is 0 Å². The Morgan fingerprint density at radius 2 is 2.00 bits per heavy atom. The molecule has 0 saturated carbocycles. The zero-order chi connectivity index (χ0) is 10.8. The lowest BCUT2D eigenvalue weighted by Gasteiger charge is -2.12. The fourth-order valence-corrected chi connectivity index (χ4v) is 0.822. The smallest absolute Gasteiger partial charge is 0.510 e. The molecule has 0 aliphatic rings. The van der Waals surface area contributed by atoms with Crippen LogP contribution in [0.5, 0.6) is 5.75 Å². The fraction of sp³-hybridized carbons (Fsp3) is 0.167. The standard InChI is InChI=1S/C6H5BF3NO3/c8-6(9,10)4-1-2-11-3-5(4)14-7(12)13/h1-3,12-13H. The van der Waals surface area contributed by atoms with Crippen molar-refractivity contribution < 1.29 is 27.9 Å². The molecule has 0 aliphatic heterocycles. The Kier molecular flexibility index (Phi) is 2.97. The van der Waals surface area contributed by atoms with Gasteiger partial charge in [0.2, 0.25) is 0 Å². The molecule has 0 spiro atoms. The van der Waals surface area contributed by atoms with Crippen LogP contribution in [0.4, 0.5) is 13.2 Å². The summed E-state index contributed by atoms with van der Waals surface area (Å²) in [5.41, 5.74) is -1.11. The second-order valence-electron chi connectivity index (χ2n) is 2.31. The first-order valence-corrected chi connectivity index (χ1v) is 3.45. The molecule has 76 valence electrons. The lowest BCUT2D eigenvalue weighted by Crippen LogP contribution is -2.22. The number of rotatable bonds is 2. The van der Waals surface area contributed by atoms with Crippen LogP contribution >= 0.6 is 0 Å². The van der Waals surface area contributed by atoms with Gasteiger partial charge in [-0.15, -0.1) is 0 Å². The van der Waals surface area contributed by atoms with E-state index in [0.717, 1.165) is 12.4 Å². The second-order valence-corrected chi connectivity index (χ2v) is 2.31. The maximum atomic E-state index is 12.2. The van der Waals surface area contributed by atoms with Gasteiger partial charge in [-0.1, -0.05) is 0 Å². The van der Waals surface area contributed by atoms with Crippen LogP contribution in [0, 0.1) is 0 Å². The molecule has 0 saturated heterocycles. The lowest BCUT2D eigenvalue weighted by atomic mass is 10.2. The molecular formula is C6H5BF3NO3. The molecule has 0 radical (unpaired) electrons. The average molecular weight is 207 g/mol. The summed E-state index contributed by atoms with van der Waals surface area (Å²) in [5, 5.41) is 16.7. The molecule has 4 nitrogen and oxygen atoms in total. The highest BCUT2D eigenvalue weighted by Crippen LogP contribution is 2.35. The van der Waals surface area contributed by atoms with Crippen LogP contribution in [-0.4, -0.2) is 22.4 Å². The predicted molar refractivity (Wildman–Crippen MR) is 40.1 cm³/mol. The van der Waals surface area contributed by atoms with Gasteiger partial charge < -0.3 is 14.7 Å². The van der Waals surface area contributed by atoms with Crippen LogP contribution in [-0.2, 0) is 6.18 Å². The molecule has 8 heteroatoms. The summed E-state index contributed by atoms with van der Waals surface area (Å²) in [4.78, 5) is 3.36. The minimum absolute atomic E-state index is 0.678. The Hall–Kier alpha value is -1.28. The van der Waals surface area contributed by atoms with Gasteiger partial charge in [0.25, 0.3) is 0 Å². The van der Waals surface area contributed by atoms with Crippen LogP contribution in [0.25, 0.3) is 0 Å². The van der Waals surface area contributed by atoms with Crippen molar-refractivity contribution in [2.24, 2.45) is 0 Å². The molecule has 0 amide bonds. The van der Waals surface area contributed by atoms with Crippen LogP contribution in [0.2, 0.25) is 0 Å². The monoisotopic (exact) mass is 207 g/mol. The fourth-order valence-electron chi connectivity index (χ4n) is 0.822. The highest BCUT2D eigenvalue weighted by atomic mass is 19.4. The first-order chi connectivity index (χ1) is 6.41. The summed E-state index contributed by atoms with van der Waals surface area (Å²) in [6, 6.07) is 0.678. The van der Waals surface area contributed by atoms with Crippen LogP contribution in [0.15, 0.2) is 18.5 Å². The van der Waals surface area contributed by atoms with Crippen LogP contribution < -0.4 is 4.65 Å². The summed E-state index contributed by atoms with van der Waals surface area (Å²) in [5.74, 6) is -0.727. The Morgan fingerprint density at radius 1 is 1.36 bits per heavy atom. The number of hydrogen-bond acceptors (Lipinski definition) is 4. The Labute approximate surface area is 77.1 Å². The van der Waals surface area contributed by atoms with E-state index < -0.39 is 24.8 Å². The molecule has 0 aliphatic carbocycles. The van der Waals surface area contributed by atoms with Crippen molar-refractivity contribution >= 4 is 7.32 Å². The van der Waals surface area contributed by atoms with Crippen molar-refractivity contribution in [3.8, 4) is 5.75 Å². The first kappa shape index (κ1) is 10.8. The molecule has 1 heterocycles. The Balaban J connectivity index is 3.04. The molecular weight excluding hydrogens is 202 g/mol. The van der Waals surface area contributed by atoms with E-state index in [1.165, 1.54) is 0 Å². The van der Waals surface area contributed by atoms with Crippen LogP contribution in [0.3, 0.4) is 0 Å². The van der Waals surface area contributed by atoms with E-state index in [0.29, 0.717) is 6.07 Å². The quantitative estimate of drug-likeness (QED) is 0.691. The van der Waals surface area contributed by atoms with Crippen molar-refractivity contribution in [3.05, 3.63) is 24.0 Å². The third-order valence-electron chi connectivity index (χ3n) is 1.32. The van der Waals surface area contributed by atoms with Gasteiger partial charge in [-0.2, -0.15) is 13.2 Å². The summed E-state index contributed by atoms with van der Waals surface area (Å²) >= 11 is 0. The van der Waals surface area contributed by atoms with E-state index in [-0.39, 0.29) is 0 Å². The van der Waals surface area contributed by atoms with Gasteiger partial charge in [-0.3, -0.25) is 4.98 Å². The lowest BCUT2D eigenvalue weighted by molar-refractivity contribution is -0.138. The molecule has 0 fully saturated rings. The van der Waals surface area contributed by atoms with Gasteiger partial charge in [0.1, 0.15) is 5.75 Å². The zero-order valence-electron chi connectivity index (χ0n) is 6.69. The van der Waals surface area contributed by atoms with E-state index >= 15 is 0 Å². The molecule has 1 rings (SSSR count).